The molecular weight excluding hydrogens is 244 g/mol. The van der Waals surface area contributed by atoms with Crippen LogP contribution < -0.4 is 0 Å². The lowest BCUT2D eigenvalue weighted by Crippen LogP contribution is -2.26. The standard InChI is InChI=1S/C9H8N4O5/c14-8(15)7-5(13-10-3-4-11-13)1-2-6(12-7)9(16,17)18/h1-4,16-18H,(H,14,15). The Morgan fingerprint density at radius 3 is 2.28 bits per heavy atom. The van der Waals surface area contributed by atoms with E-state index in [1.54, 1.807) is 0 Å². The molecule has 9 nitrogen and oxygen atoms in total. The lowest BCUT2D eigenvalue weighted by Gasteiger charge is -2.14. The van der Waals surface area contributed by atoms with E-state index >= 15 is 0 Å². The van der Waals surface area contributed by atoms with Crippen LogP contribution in [0.3, 0.4) is 0 Å². The van der Waals surface area contributed by atoms with Crippen molar-refractivity contribution in [2.24, 2.45) is 0 Å². The van der Waals surface area contributed by atoms with E-state index in [2.05, 4.69) is 15.2 Å². The lowest BCUT2D eigenvalue weighted by molar-refractivity contribution is -0.326. The molecular formula is C9H8N4O5. The van der Waals surface area contributed by atoms with Crippen molar-refractivity contribution >= 4 is 5.97 Å². The summed E-state index contributed by atoms with van der Waals surface area (Å²) in [5, 5.41) is 43.3. The van der Waals surface area contributed by atoms with Gasteiger partial charge in [0, 0.05) is 0 Å². The molecule has 0 saturated carbocycles. The van der Waals surface area contributed by atoms with Gasteiger partial charge >= 0.3 is 11.9 Å². The molecule has 0 fully saturated rings. The van der Waals surface area contributed by atoms with Crippen LogP contribution in [0.2, 0.25) is 0 Å². The molecule has 0 aromatic carbocycles. The Hall–Kier alpha value is -2.36. The minimum Gasteiger partial charge on any atom is -0.476 e. The minimum absolute atomic E-state index is 0.0282. The molecule has 0 atom stereocenters. The van der Waals surface area contributed by atoms with Gasteiger partial charge < -0.3 is 20.4 Å². The maximum absolute atomic E-state index is 11.0. The average molecular weight is 252 g/mol. The van der Waals surface area contributed by atoms with Crippen molar-refractivity contribution in [3.63, 3.8) is 0 Å². The first-order valence-corrected chi connectivity index (χ1v) is 4.68. The molecule has 9 heteroatoms. The fraction of sp³-hybridized carbons (Fsp3) is 0.111. The van der Waals surface area contributed by atoms with Crippen molar-refractivity contribution < 1.29 is 25.2 Å². The number of carboxylic acids is 1. The second-order valence-electron chi connectivity index (χ2n) is 3.32. The van der Waals surface area contributed by atoms with Gasteiger partial charge in [-0.25, -0.2) is 9.78 Å². The van der Waals surface area contributed by atoms with Crippen LogP contribution in [0, 0.1) is 0 Å². The van der Waals surface area contributed by atoms with Crippen molar-refractivity contribution in [3.05, 3.63) is 35.9 Å². The second kappa shape index (κ2) is 4.14. The average Bonchev–Trinajstić information content (AvgIpc) is 2.80. The highest BCUT2D eigenvalue weighted by molar-refractivity contribution is 5.89. The molecule has 0 aliphatic heterocycles. The largest absolute Gasteiger partial charge is 0.476 e. The van der Waals surface area contributed by atoms with Crippen LogP contribution in [0.4, 0.5) is 0 Å². The maximum atomic E-state index is 11.0. The van der Waals surface area contributed by atoms with Gasteiger partial charge in [0.2, 0.25) is 0 Å². The van der Waals surface area contributed by atoms with Crippen molar-refractivity contribution in [1.82, 2.24) is 20.0 Å². The molecule has 0 amide bonds. The third kappa shape index (κ3) is 2.18. The van der Waals surface area contributed by atoms with Crippen molar-refractivity contribution in [2.45, 2.75) is 5.97 Å². The molecule has 2 rings (SSSR count). The summed E-state index contributed by atoms with van der Waals surface area (Å²) >= 11 is 0. The molecule has 2 aromatic heterocycles. The van der Waals surface area contributed by atoms with Gasteiger partial charge in [0.25, 0.3) is 0 Å². The van der Waals surface area contributed by atoms with Crippen LogP contribution >= 0.6 is 0 Å². The van der Waals surface area contributed by atoms with Crippen molar-refractivity contribution in [2.75, 3.05) is 0 Å². The summed E-state index contributed by atoms with van der Waals surface area (Å²) in [5.74, 6) is -4.63. The molecule has 0 saturated heterocycles. The van der Waals surface area contributed by atoms with E-state index in [0.717, 1.165) is 10.9 Å². The Morgan fingerprint density at radius 2 is 1.78 bits per heavy atom. The summed E-state index contributed by atoms with van der Waals surface area (Å²) in [5.41, 5.74) is -1.11. The molecule has 0 bridgehead atoms. The Labute approximate surface area is 99.6 Å². The normalized spacial score (nSPS) is 11.5. The molecule has 4 N–H and O–H groups in total. The Balaban J connectivity index is 2.59. The van der Waals surface area contributed by atoms with Crippen LogP contribution in [-0.4, -0.2) is 46.4 Å². The number of aromatic nitrogens is 4. The first-order chi connectivity index (χ1) is 8.39. The second-order valence-corrected chi connectivity index (χ2v) is 3.32. The SMILES string of the molecule is O=C(O)c1nc(C(O)(O)O)ccc1-n1nccn1. The first-order valence-electron chi connectivity index (χ1n) is 4.68. The molecule has 0 aliphatic rings. The van der Waals surface area contributed by atoms with Crippen LogP contribution in [0.25, 0.3) is 5.69 Å². The summed E-state index contributed by atoms with van der Waals surface area (Å²) < 4.78 is 0. The number of carboxylic acid groups (broad SMARTS) is 1. The fourth-order valence-corrected chi connectivity index (χ4v) is 1.30. The maximum Gasteiger partial charge on any atom is 0.356 e. The molecule has 94 valence electrons. The van der Waals surface area contributed by atoms with Crippen LogP contribution in [-0.2, 0) is 5.97 Å². The molecule has 0 radical (unpaired) electrons. The van der Waals surface area contributed by atoms with E-state index in [-0.39, 0.29) is 5.69 Å². The van der Waals surface area contributed by atoms with Crippen molar-refractivity contribution in [3.8, 4) is 5.69 Å². The zero-order valence-corrected chi connectivity index (χ0v) is 8.80. The lowest BCUT2D eigenvalue weighted by atomic mass is 10.2. The number of hydrogen-bond acceptors (Lipinski definition) is 7. The van der Waals surface area contributed by atoms with Gasteiger partial charge in [0.15, 0.2) is 5.69 Å². The molecule has 18 heavy (non-hydrogen) atoms. The number of aliphatic hydroxyl groups is 3. The summed E-state index contributed by atoms with van der Waals surface area (Å²) in [6.07, 6.45) is 2.68. The predicted octanol–water partition coefficient (Wildman–Crippen LogP) is -1.55. The van der Waals surface area contributed by atoms with E-state index < -0.39 is 23.3 Å². The number of carbonyl (C=O) groups is 1. The summed E-state index contributed by atoms with van der Waals surface area (Å²) in [4.78, 5) is 15.5. The first kappa shape index (κ1) is 12.1. The summed E-state index contributed by atoms with van der Waals surface area (Å²) in [6, 6.07) is 2.24. The zero-order valence-electron chi connectivity index (χ0n) is 8.80. The van der Waals surface area contributed by atoms with Crippen LogP contribution in [0.15, 0.2) is 24.5 Å². The number of hydrogen-bond donors (Lipinski definition) is 4. The molecule has 0 spiro atoms. The quantitative estimate of drug-likeness (QED) is 0.481. The van der Waals surface area contributed by atoms with Gasteiger partial charge in [-0.3, -0.25) is 0 Å². The van der Waals surface area contributed by atoms with Gasteiger partial charge in [0.1, 0.15) is 11.4 Å². The number of aromatic carboxylic acids is 1. The van der Waals surface area contributed by atoms with Gasteiger partial charge in [-0.2, -0.15) is 10.2 Å². The summed E-state index contributed by atoms with van der Waals surface area (Å²) in [6.45, 7) is 0. The molecule has 2 aromatic rings. The molecule has 0 aliphatic carbocycles. The Bertz CT molecular complexity index is 575. The van der Waals surface area contributed by atoms with Crippen LogP contribution in [0.5, 0.6) is 0 Å². The predicted molar refractivity (Wildman–Crippen MR) is 54.4 cm³/mol. The van der Waals surface area contributed by atoms with Gasteiger partial charge in [0.05, 0.1) is 12.4 Å². The number of rotatable bonds is 3. The fourth-order valence-electron chi connectivity index (χ4n) is 1.30. The monoisotopic (exact) mass is 252 g/mol. The van der Waals surface area contributed by atoms with E-state index in [0.29, 0.717) is 0 Å². The number of pyridine rings is 1. The van der Waals surface area contributed by atoms with Gasteiger partial charge in [-0.15, -0.1) is 4.80 Å². The highest BCUT2D eigenvalue weighted by Crippen LogP contribution is 2.17. The zero-order chi connectivity index (χ0) is 13.3. The smallest absolute Gasteiger partial charge is 0.356 e. The van der Waals surface area contributed by atoms with Gasteiger partial charge in [-0.05, 0) is 12.1 Å². The molecule has 0 unspecified atom stereocenters. The Morgan fingerprint density at radius 1 is 1.17 bits per heavy atom. The number of nitrogens with zero attached hydrogens (tertiary/aromatic N) is 4. The van der Waals surface area contributed by atoms with E-state index in [4.69, 9.17) is 20.4 Å². The topological polar surface area (TPSA) is 142 Å². The van der Waals surface area contributed by atoms with E-state index in [9.17, 15) is 4.79 Å². The molecule has 2 heterocycles. The minimum atomic E-state index is -3.21. The Kier molecular flexibility index (Phi) is 2.79. The van der Waals surface area contributed by atoms with Gasteiger partial charge in [-0.1, -0.05) is 0 Å². The summed E-state index contributed by atoms with van der Waals surface area (Å²) in [7, 11) is 0. The third-order valence-corrected chi connectivity index (χ3v) is 2.05. The third-order valence-electron chi connectivity index (χ3n) is 2.05. The highest BCUT2D eigenvalue weighted by atomic mass is 16.7. The van der Waals surface area contributed by atoms with E-state index in [1.807, 2.05) is 0 Å². The van der Waals surface area contributed by atoms with E-state index in [1.165, 1.54) is 18.5 Å². The van der Waals surface area contributed by atoms with Crippen LogP contribution in [0.1, 0.15) is 16.2 Å². The highest BCUT2D eigenvalue weighted by Gasteiger charge is 2.27. The van der Waals surface area contributed by atoms with Crippen molar-refractivity contribution in [1.29, 1.82) is 0 Å².